The van der Waals surface area contributed by atoms with E-state index in [0.29, 0.717) is 17.2 Å². The maximum atomic E-state index is 12.3. The third-order valence-electron chi connectivity index (χ3n) is 4.04. The van der Waals surface area contributed by atoms with Gasteiger partial charge in [-0.1, -0.05) is 13.8 Å². The number of carboxylic acids is 1. The summed E-state index contributed by atoms with van der Waals surface area (Å²) >= 11 is 0. The minimum atomic E-state index is -0.947. The molecule has 1 aromatic carbocycles. The van der Waals surface area contributed by atoms with Gasteiger partial charge in [-0.15, -0.1) is 0 Å². The number of aliphatic carboxylic acids is 1. The molecule has 0 saturated heterocycles. The van der Waals surface area contributed by atoms with Crippen LogP contribution < -0.4 is 14.8 Å². The Hall–Kier alpha value is -2.24. The largest absolute Gasteiger partial charge is 0.497 e. The average molecular weight is 293 g/mol. The molecule has 2 N–H and O–H groups in total. The van der Waals surface area contributed by atoms with E-state index in [2.05, 4.69) is 5.32 Å². The first-order valence-electron chi connectivity index (χ1n) is 6.58. The molecule has 0 radical (unpaired) electrons. The molecule has 1 saturated carbocycles. The van der Waals surface area contributed by atoms with Crippen LogP contribution in [0, 0.1) is 17.3 Å². The molecule has 1 aliphatic rings. The fourth-order valence-corrected chi connectivity index (χ4v) is 2.71. The van der Waals surface area contributed by atoms with Crippen LogP contribution in [0.25, 0.3) is 0 Å². The molecule has 1 fully saturated rings. The molecule has 0 heterocycles. The molecule has 114 valence electrons. The second-order valence-electron chi connectivity index (χ2n) is 5.67. The molecule has 1 amide bonds. The van der Waals surface area contributed by atoms with Gasteiger partial charge < -0.3 is 19.9 Å². The Bertz CT molecular complexity index is 581. The van der Waals surface area contributed by atoms with Crippen molar-refractivity contribution in [2.75, 3.05) is 19.5 Å². The Balaban J connectivity index is 2.19. The predicted molar refractivity (Wildman–Crippen MR) is 76.6 cm³/mol. The number of carbonyl (C=O) groups is 2. The van der Waals surface area contributed by atoms with Crippen molar-refractivity contribution >= 4 is 17.6 Å². The number of rotatable bonds is 5. The lowest BCUT2D eigenvalue weighted by atomic mass is 10.1. The standard InChI is InChI=1S/C15H19NO5/c1-15(2)11(12(15)14(18)19)13(17)16-9-7-8(20-3)5-6-10(9)21-4/h5-7,11-12H,1-4H3,(H,16,17)(H,18,19). The van der Waals surface area contributed by atoms with Crippen LogP contribution in [0.1, 0.15) is 13.8 Å². The van der Waals surface area contributed by atoms with Gasteiger partial charge >= 0.3 is 5.97 Å². The monoisotopic (exact) mass is 293 g/mol. The molecule has 0 aliphatic heterocycles. The Labute approximate surface area is 123 Å². The number of carboxylic acid groups (broad SMARTS) is 1. The van der Waals surface area contributed by atoms with E-state index in [9.17, 15) is 9.59 Å². The van der Waals surface area contributed by atoms with Gasteiger partial charge in [-0.25, -0.2) is 0 Å². The van der Waals surface area contributed by atoms with E-state index in [1.165, 1.54) is 14.2 Å². The Morgan fingerprint density at radius 3 is 2.33 bits per heavy atom. The number of benzene rings is 1. The number of ether oxygens (including phenoxy) is 2. The van der Waals surface area contributed by atoms with E-state index in [4.69, 9.17) is 14.6 Å². The molecule has 0 bridgehead atoms. The van der Waals surface area contributed by atoms with Crippen LogP contribution in [0.3, 0.4) is 0 Å². The summed E-state index contributed by atoms with van der Waals surface area (Å²) in [6, 6.07) is 5.04. The van der Waals surface area contributed by atoms with Crippen LogP contribution in [0.15, 0.2) is 18.2 Å². The van der Waals surface area contributed by atoms with Crippen molar-refractivity contribution in [3.63, 3.8) is 0 Å². The SMILES string of the molecule is COc1ccc(OC)c(NC(=O)C2C(C(=O)O)C2(C)C)c1. The minimum absolute atomic E-state index is 0.320. The number of hydrogen-bond donors (Lipinski definition) is 2. The molecule has 2 rings (SSSR count). The molecular formula is C15H19NO5. The van der Waals surface area contributed by atoms with Crippen molar-refractivity contribution < 1.29 is 24.2 Å². The zero-order valence-corrected chi connectivity index (χ0v) is 12.5. The first kappa shape index (κ1) is 15.2. The Morgan fingerprint density at radius 2 is 1.86 bits per heavy atom. The number of amides is 1. The summed E-state index contributed by atoms with van der Waals surface area (Å²) in [6.07, 6.45) is 0. The second-order valence-corrected chi connectivity index (χ2v) is 5.67. The number of methoxy groups -OCH3 is 2. The molecule has 21 heavy (non-hydrogen) atoms. The number of carbonyl (C=O) groups excluding carboxylic acids is 1. The van der Waals surface area contributed by atoms with Crippen LogP contribution in [0.2, 0.25) is 0 Å². The topological polar surface area (TPSA) is 84.9 Å². The van der Waals surface area contributed by atoms with E-state index in [1.807, 2.05) is 0 Å². The zero-order valence-electron chi connectivity index (χ0n) is 12.5. The van der Waals surface area contributed by atoms with Gasteiger partial charge in [0, 0.05) is 6.07 Å². The van der Waals surface area contributed by atoms with Crippen molar-refractivity contribution in [1.82, 2.24) is 0 Å². The Kier molecular flexibility index (Phi) is 3.80. The molecule has 6 nitrogen and oxygen atoms in total. The first-order valence-corrected chi connectivity index (χ1v) is 6.58. The molecular weight excluding hydrogens is 274 g/mol. The van der Waals surface area contributed by atoms with Crippen LogP contribution in [0.4, 0.5) is 5.69 Å². The van der Waals surface area contributed by atoms with Crippen molar-refractivity contribution in [3.8, 4) is 11.5 Å². The van der Waals surface area contributed by atoms with E-state index in [1.54, 1.807) is 32.0 Å². The van der Waals surface area contributed by atoms with E-state index < -0.39 is 23.2 Å². The molecule has 2 atom stereocenters. The summed E-state index contributed by atoms with van der Waals surface area (Å²) in [5, 5.41) is 11.9. The van der Waals surface area contributed by atoms with Gasteiger partial charge in [-0.2, -0.15) is 0 Å². The Morgan fingerprint density at radius 1 is 1.19 bits per heavy atom. The van der Waals surface area contributed by atoms with Crippen molar-refractivity contribution in [2.45, 2.75) is 13.8 Å². The third-order valence-corrected chi connectivity index (χ3v) is 4.04. The maximum Gasteiger partial charge on any atom is 0.307 e. The highest BCUT2D eigenvalue weighted by molar-refractivity contribution is 6.00. The van der Waals surface area contributed by atoms with E-state index >= 15 is 0 Å². The molecule has 1 aromatic rings. The highest BCUT2D eigenvalue weighted by Crippen LogP contribution is 2.58. The van der Waals surface area contributed by atoms with Crippen molar-refractivity contribution in [2.24, 2.45) is 17.3 Å². The lowest BCUT2D eigenvalue weighted by molar-refractivity contribution is -0.140. The molecule has 1 aliphatic carbocycles. The summed E-state index contributed by atoms with van der Waals surface area (Å²) in [5.74, 6) is -1.40. The van der Waals surface area contributed by atoms with Crippen LogP contribution in [-0.4, -0.2) is 31.2 Å². The summed E-state index contributed by atoms with van der Waals surface area (Å²) in [6.45, 7) is 3.55. The van der Waals surface area contributed by atoms with Gasteiger partial charge in [0.2, 0.25) is 5.91 Å². The van der Waals surface area contributed by atoms with Crippen molar-refractivity contribution in [1.29, 1.82) is 0 Å². The summed E-state index contributed by atoms with van der Waals surface area (Å²) < 4.78 is 10.3. The molecule has 2 unspecified atom stereocenters. The number of hydrogen-bond acceptors (Lipinski definition) is 4. The normalized spacial score (nSPS) is 22.3. The predicted octanol–water partition coefficient (Wildman–Crippen LogP) is 2.00. The van der Waals surface area contributed by atoms with Gasteiger partial charge in [0.05, 0.1) is 31.7 Å². The molecule has 6 heteroatoms. The van der Waals surface area contributed by atoms with Gasteiger partial charge in [-0.3, -0.25) is 9.59 Å². The fourth-order valence-electron chi connectivity index (χ4n) is 2.71. The zero-order chi connectivity index (χ0) is 15.8. The van der Waals surface area contributed by atoms with E-state index in [0.717, 1.165) is 0 Å². The van der Waals surface area contributed by atoms with Crippen molar-refractivity contribution in [3.05, 3.63) is 18.2 Å². The molecule has 0 aromatic heterocycles. The average Bonchev–Trinajstić information content (AvgIpc) is 3.02. The smallest absolute Gasteiger partial charge is 0.307 e. The van der Waals surface area contributed by atoms with Gasteiger partial charge in [0.25, 0.3) is 0 Å². The first-order chi connectivity index (χ1) is 9.82. The second kappa shape index (κ2) is 5.27. The van der Waals surface area contributed by atoms with Gasteiger partial charge in [0.15, 0.2) is 0 Å². The summed E-state index contributed by atoms with van der Waals surface area (Å²) in [5.41, 5.74) is -0.0733. The summed E-state index contributed by atoms with van der Waals surface area (Å²) in [7, 11) is 3.02. The maximum absolute atomic E-state index is 12.3. The fraction of sp³-hybridized carbons (Fsp3) is 0.467. The van der Waals surface area contributed by atoms with Gasteiger partial charge in [-0.05, 0) is 17.5 Å². The highest BCUT2D eigenvalue weighted by atomic mass is 16.5. The van der Waals surface area contributed by atoms with E-state index in [-0.39, 0.29) is 5.91 Å². The summed E-state index contributed by atoms with van der Waals surface area (Å²) in [4.78, 5) is 23.4. The van der Waals surface area contributed by atoms with Crippen LogP contribution >= 0.6 is 0 Å². The number of nitrogens with one attached hydrogen (secondary N) is 1. The highest BCUT2D eigenvalue weighted by Gasteiger charge is 2.65. The third kappa shape index (κ3) is 2.66. The molecule has 0 spiro atoms. The van der Waals surface area contributed by atoms with Crippen LogP contribution in [0.5, 0.6) is 11.5 Å². The minimum Gasteiger partial charge on any atom is -0.497 e. The van der Waals surface area contributed by atoms with Crippen LogP contribution in [-0.2, 0) is 9.59 Å². The number of anilines is 1. The lowest BCUT2D eigenvalue weighted by Crippen LogP contribution is -2.18. The quantitative estimate of drug-likeness (QED) is 0.867. The lowest BCUT2D eigenvalue weighted by Gasteiger charge is -2.12. The van der Waals surface area contributed by atoms with Gasteiger partial charge in [0.1, 0.15) is 11.5 Å².